The quantitative estimate of drug-likeness (QED) is 0.466. The van der Waals surface area contributed by atoms with Gasteiger partial charge >= 0.3 is 5.97 Å². The Morgan fingerprint density at radius 2 is 1.38 bits per heavy atom. The zero-order valence-electron chi connectivity index (χ0n) is 18.5. The van der Waals surface area contributed by atoms with Crippen molar-refractivity contribution in [2.24, 2.45) is 0 Å². The largest absolute Gasteiger partial charge is 0.497 e. The molecule has 166 valence electrons. The fourth-order valence-electron chi connectivity index (χ4n) is 3.32. The van der Waals surface area contributed by atoms with E-state index in [1.54, 1.807) is 30.0 Å². The first kappa shape index (κ1) is 22.9. The van der Waals surface area contributed by atoms with Crippen LogP contribution >= 0.6 is 0 Å². The summed E-state index contributed by atoms with van der Waals surface area (Å²) in [6.45, 7) is 2.39. The summed E-state index contributed by atoms with van der Waals surface area (Å²) in [5, 5.41) is 0. The van der Waals surface area contributed by atoms with Gasteiger partial charge in [0, 0.05) is 19.2 Å². The maximum Gasteiger partial charge on any atom is 0.342 e. The van der Waals surface area contributed by atoms with Crippen molar-refractivity contribution < 1.29 is 23.8 Å². The molecule has 32 heavy (non-hydrogen) atoms. The van der Waals surface area contributed by atoms with Gasteiger partial charge in [-0.3, -0.25) is 4.79 Å². The average molecular weight is 434 g/mol. The van der Waals surface area contributed by atoms with Crippen LogP contribution in [0.2, 0.25) is 0 Å². The van der Waals surface area contributed by atoms with Crippen LogP contribution in [0.1, 0.15) is 28.4 Å². The highest BCUT2D eigenvalue weighted by Crippen LogP contribution is 2.25. The van der Waals surface area contributed by atoms with Crippen molar-refractivity contribution in [2.75, 3.05) is 14.2 Å². The highest BCUT2D eigenvalue weighted by molar-refractivity contribution is 5.95. The molecule has 3 aromatic rings. The normalized spacial score (nSPS) is 11.3. The third-order valence-corrected chi connectivity index (χ3v) is 5.00. The molecule has 6 heteroatoms. The van der Waals surface area contributed by atoms with Gasteiger partial charge in [-0.2, -0.15) is 0 Å². The first-order valence-electron chi connectivity index (χ1n) is 10.3. The lowest BCUT2D eigenvalue weighted by molar-refractivity contribution is -0.141. The lowest BCUT2D eigenvalue weighted by atomic mass is 10.1. The third kappa shape index (κ3) is 5.88. The van der Waals surface area contributed by atoms with Gasteiger partial charge in [-0.1, -0.05) is 60.7 Å². The Labute approximate surface area is 188 Å². The first-order valence-corrected chi connectivity index (χ1v) is 10.3. The Hall–Kier alpha value is -3.80. The van der Waals surface area contributed by atoms with Crippen molar-refractivity contribution in [2.45, 2.75) is 26.1 Å². The minimum absolute atomic E-state index is 0.227. The van der Waals surface area contributed by atoms with Crippen molar-refractivity contribution in [1.82, 2.24) is 4.90 Å². The molecule has 3 aromatic carbocycles. The minimum atomic E-state index is -0.971. The molecule has 1 amide bonds. The number of methoxy groups -OCH3 is 2. The van der Waals surface area contributed by atoms with E-state index in [2.05, 4.69) is 0 Å². The van der Waals surface area contributed by atoms with Crippen molar-refractivity contribution in [3.05, 3.63) is 95.6 Å². The van der Waals surface area contributed by atoms with E-state index in [1.165, 1.54) is 14.2 Å². The Morgan fingerprint density at radius 1 is 0.812 bits per heavy atom. The van der Waals surface area contributed by atoms with Crippen LogP contribution in [0.25, 0.3) is 0 Å². The van der Waals surface area contributed by atoms with Crippen molar-refractivity contribution >= 4 is 11.9 Å². The lowest BCUT2D eigenvalue weighted by Gasteiger charge is -2.26. The summed E-state index contributed by atoms with van der Waals surface area (Å²) in [5.74, 6) is -0.0397. The predicted octanol–water partition coefficient (Wildman–Crippen LogP) is 4.48. The second kappa shape index (κ2) is 11.0. The van der Waals surface area contributed by atoms with Crippen LogP contribution in [-0.4, -0.2) is 37.1 Å². The Balaban J connectivity index is 1.76. The molecule has 0 heterocycles. The van der Waals surface area contributed by atoms with E-state index in [0.717, 1.165) is 11.1 Å². The molecule has 0 aliphatic heterocycles. The molecule has 0 bridgehead atoms. The second-order valence-corrected chi connectivity index (χ2v) is 7.28. The summed E-state index contributed by atoms with van der Waals surface area (Å²) in [7, 11) is 2.99. The topological polar surface area (TPSA) is 65.1 Å². The molecule has 0 saturated heterocycles. The van der Waals surface area contributed by atoms with Crippen LogP contribution in [0.5, 0.6) is 11.5 Å². The zero-order valence-corrected chi connectivity index (χ0v) is 18.5. The molecular weight excluding hydrogens is 406 g/mol. The minimum Gasteiger partial charge on any atom is -0.497 e. The monoisotopic (exact) mass is 433 g/mol. The number of rotatable bonds is 9. The van der Waals surface area contributed by atoms with Gasteiger partial charge in [-0.05, 0) is 30.2 Å². The Morgan fingerprint density at radius 3 is 1.88 bits per heavy atom. The third-order valence-electron chi connectivity index (χ3n) is 5.00. The summed E-state index contributed by atoms with van der Waals surface area (Å²) >= 11 is 0. The highest BCUT2D eigenvalue weighted by atomic mass is 16.5. The molecule has 0 N–H and O–H groups in total. The molecule has 0 aliphatic carbocycles. The maximum absolute atomic E-state index is 13.3. The number of benzene rings is 3. The fourth-order valence-corrected chi connectivity index (χ4v) is 3.32. The SMILES string of the molecule is COc1ccc(C(=O)OC(C)C(=O)N(Cc2ccccc2)Cc2ccccc2)c(OC)c1. The van der Waals surface area contributed by atoms with Gasteiger partial charge in [0.25, 0.3) is 5.91 Å². The first-order chi connectivity index (χ1) is 15.5. The van der Waals surface area contributed by atoms with Crippen LogP contribution < -0.4 is 9.47 Å². The molecule has 0 aromatic heterocycles. The number of nitrogens with zero attached hydrogens (tertiary/aromatic N) is 1. The number of carbonyl (C=O) groups excluding carboxylic acids is 2. The molecule has 0 radical (unpaired) electrons. The number of hydrogen-bond acceptors (Lipinski definition) is 5. The molecule has 0 spiro atoms. The van der Waals surface area contributed by atoms with Gasteiger partial charge in [-0.15, -0.1) is 0 Å². The van der Waals surface area contributed by atoms with Crippen molar-refractivity contribution in [3.8, 4) is 11.5 Å². The molecule has 0 aliphatic rings. The van der Waals surface area contributed by atoms with Crippen molar-refractivity contribution in [3.63, 3.8) is 0 Å². The highest BCUT2D eigenvalue weighted by Gasteiger charge is 2.26. The van der Waals surface area contributed by atoms with Crippen LogP contribution in [0.4, 0.5) is 0 Å². The summed E-state index contributed by atoms with van der Waals surface area (Å²) in [6, 6.07) is 24.2. The molecular formula is C26H27NO5. The summed E-state index contributed by atoms with van der Waals surface area (Å²) in [6.07, 6.45) is -0.971. The number of carbonyl (C=O) groups is 2. The van der Waals surface area contributed by atoms with Gasteiger partial charge in [-0.25, -0.2) is 4.79 Å². The van der Waals surface area contributed by atoms with Gasteiger partial charge in [0.1, 0.15) is 17.1 Å². The number of hydrogen-bond donors (Lipinski definition) is 0. The van der Waals surface area contributed by atoms with Crippen LogP contribution in [-0.2, 0) is 22.6 Å². The zero-order chi connectivity index (χ0) is 22.9. The average Bonchev–Trinajstić information content (AvgIpc) is 2.83. The van der Waals surface area contributed by atoms with E-state index < -0.39 is 12.1 Å². The van der Waals surface area contributed by atoms with Gasteiger partial charge in [0.15, 0.2) is 6.10 Å². The van der Waals surface area contributed by atoms with Crippen LogP contribution in [0.3, 0.4) is 0 Å². The van der Waals surface area contributed by atoms with Gasteiger partial charge in [0.2, 0.25) is 0 Å². The predicted molar refractivity (Wildman–Crippen MR) is 122 cm³/mol. The van der Waals surface area contributed by atoms with Gasteiger partial charge < -0.3 is 19.1 Å². The van der Waals surface area contributed by atoms with Gasteiger partial charge in [0.05, 0.1) is 14.2 Å². The van der Waals surface area contributed by atoms with Crippen LogP contribution in [0.15, 0.2) is 78.9 Å². The van der Waals surface area contributed by atoms with Crippen molar-refractivity contribution in [1.29, 1.82) is 0 Å². The number of amides is 1. The lowest BCUT2D eigenvalue weighted by Crippen LogP contribution is -2.39. The Kier molecular flexibility index (Phi) is 7.86. The smallest absolute Gasteiger partial charge is 0.342 e. The summed E-state index contributed by atoms with van der Waals surface area (Å²) in [5.41, 5.74) is 2.21. The van der Waals surface area contributed by atoms with Crippen LogP contribution in [0, 0.1) is 0 Å². The van der Waals surface area contributed by atoms with E-state index >= 15 is 0 Å². The maximum atomic E-state index is 13.3. The van der Waals surface area contributed by atoms with E-state index in [-0.39, 0.29) is 11.5 Å². The molecule has 0 saturated carbocycles. The van der Waals surface area contributed by atoms with E-state index in [1.807, 2.05) is 60.7 Å². The fraction of sp³-hybridized carbons (Fsp3) is 0.231. The van der Waals surface area contributed by atoms with E-state index in [4.69, 9.17) is 14.2 Å². The molecule has 1 unspecified atom stereocenters. The van der Waals surface area contributed by atoms with E-state index in [9.17, 15) is 9.59 Å². The molecule has 0 fully saturated rings. The number of esters is 1. The summed E-state index contributed by atoms with van der Waals surface area (Å²) in [4.78, 5) is 27.7. The molecule has 6 nitrogen and oxygen atoms in total. The summed E-state index contributed by atoms with van der Waals surface area (Å²) < 4.78 is 16.0. The Bertz CT molecular complexity index is 995. The number of ether oxygens (including phenoxy) is 3. The molecule has 1 atom stereocenters. The standard InChI is InChI=1S/C26H27NO5/c1-19(32-26(29)23-15-14-22(30-2)16-24(23)31-3)25(28)27(17-20-10-6-4-7-11-20)18-21-12-8-5-9-13-21/h4-16,19H,17-18H2,1-3H3. The second-order valence-electron chi connectivity index (χ2n) is 7.28. The molecule has 3 rings (SSSR count). The van der Waals surface area contributed by atoms with E-state index in [0.29, 0.717) is 24.6 Å².